The molecule has 0 radical (unpaired) electrons. The van der Waals surface area contributed by atoms with Crippen LogP contribution in [0.15, 0.2) is 40.4 Å². The lowest BCUT2D eigenvalue weighted by Gasteiger charge is -2.18. The van der Waals surface area contributed by atoms with Gasteiger partial charge in [0.25, 0.3) is 0 Å². The van der Waals surface area contributed by atoms with Crippen molar-refractivity contribution in [2.45, 2.75) is 9.92 Å². The Kier molecular flexibility index (Phi) is 3.48. The Morgan fingerprint density at radius 2 is 1.95 bits per heavy atom. The zero-order valence-corrected chi connectivity index (χ0v) is 11.3. The molecule has 19 heavy (non-hydrogen) atoms. The summed E-state index contributed by atoms with van der Waals surface area (Å²) in [5.74, 6) is 0.943. The predicted octanol–water partition coefficient (Wildman–Crippen LogP) is 3.80. The Labute approximate surface area is 118 Å². The van der Waals surface area contributed by atoms with E-state index in [-0.39, 0.29) is 10.0 Å². The molecule has 2 heterocycles. The fourth-order valence-corrected chi connectivity index (χ4v) is 2.61. The van der Waals surface area contributed by atoms with E-state index in [0.717, 1.165) is 4.90 Å². The van der Waals surface area contributed by atoms with Gasteiger partial charge in [0.1, 0.15) is 18.2 Å². The van der Waals surface area contributed by atoms with Crippen LogP contribution in [-0.4, -0.2) is 18.2 Å². The molecule has 0 bridgehead atoms. The first-order valence-corrected chi connectivity index (χ1v) is 6.80. The standard InChI is InChI=1S/C13H9ClFNO2S/c14-8-5-10(15)13(16-7-8)19-9-1-2-11-12(6-9)18-4-3-17-11/h1-2,5-7H,3-4H2. The van der Waals surface area contributed by atoms with Crippen molar-refractivity contribution in [2.75, 3.05) is 13.2 Å². The van der Waals surface area contributed by atoms with Crippen LogP contribution in [0.2, 0.25) is 5.02 Å². The molecule has 0 saturated heterocycles. The summed E-state index contributed by atoms with van der Waals surface area (Å²) in [6, 6.07) is 6.71. The molecule has 0 unspecified atom stereocenters. The lowest BCUT2D eigenvalue weighted by molar-refractivity contribution is 0.171. The molecular weight excluding hydrogens is 289 g/mol. The summed E-state index contributed by atoms with van der Waals surface area (Å²) in [5.41, 5.74) is 0. The van der Waals surface area contributed by atoms with Crippen LogP contribution in [0.25, 0.3) is 0 Å². The highest BCUT2D eigenvalue weighted by atomic mass is 35.5. The smallest absolute Gasteiger partial charge is 0.162 e. The molecule has 1 aliphatic rings. The first-order chi connectivity index (χ1) is 9.22. The van der Waals surface area contributed by atoms with Gasteiger partial charge in [0, 0.05) is 11.1 Å². The Hall–Kier alpha value is -1.46. The van der Waals surface area contributed by atoms with Crippen LogP contribution in [0.1, 0.15) is 0 Å². The molecule has 6 heteroatoms. The second-order valence-corrected chi connectivity index (χ2v) is 5.35. The molecular formula is C13H9ClFNO2S. The number of rotatable bonds is 2. The van der Waals surface area contributed by atoms with Gasteiger partial charge in [-0.15, -0.1) is 0 Å². The van der Waals surface area contributed by atoms with E-state index in [1.165, 1.54) is 24.0 Å². The normalized spacial score (nSPS) is 13.4. The van der Waals surface area contributed by atoms with Crippen LogP contribution >= 0.6 is 23.4 Å². The Balaban J connectivity index is 1.87. The van der Waals surface area contributed by atoms with E-state index < -0.39 is 5.82 Å². The summed E-state index contributed by atoms with van der Waals surface area (Å²) in [7, 11) is 0. The minimum Gasteiger partial charge on any atom is -0.486 e. The van der Waals surface area contributed by atoms with E-state index >= 15 is 0 Å². The van der Waals surface area contributed by atoms with Crippen molar-refractivity contribution in [3.05, 3.63) is 41.3 Å². The van der Waals surface area contributed by atoms with Crippen molar-refractivity contribution < 1.29 is 13.9 Å². The lowest BCUT2D eigenvalue weighted by Crippen LogP contribution is -2.15. The molecule has 0 fully saturated rings. The van der Waals surface area contributed by atoms with Crippen LogP contribution < -0.4 is 9.47 Å². The van der Waals surface area contributed by atoms with Crippen LogP contribution in [-0.2, 0) is 0 Å². The summed E-state index contributed by atoms with van der Waals surface area (Å²) in [5, 5.41) is 0.560. The van der Waals surface area contributed by atoms with E-state index in [0.29, 0.717) is 24.7 Å². The molecule has 0 aliphatic carbocycles. The molecule has 3 rings (SSSR count). The van der Waals surface area contributed by atoms with Gasteiger partial charge in [-0.1, -0.05) is 23.4 Å². The maximum absolute atomic E-state index is 13.7. The van der Waals surface area contributed by atoms with Crippen molar-refractivity contribution in [2.24, 2.45) is 0 Å². The molecule has 3 nitrogen and oxygen atoms in total. The average Bonchev–Trinajstić information content (AvgIpc) is 2.42. The highest BCUT2D eigenvalue weighted by Crippen LogP contribution is 2.37. The third-order valence-electron chi connectivity index (χ3n) is 2.50. The van der Waals surface area contributed by atoms with E-state index in [9.17, 15) is 4.39 Å². The minimum absolute atomic E-state index is 0.279. The highest BCUT2D eigenvalue weighted by Gasteiger charge is 2.13. The molecule has 98 valence electrons. The number of hydrogen-bond donors (Lipinski definition) is 0. The van der Waals surface area contributed by atoms with Gasteiger partial charge in [-0.3, -0.25) is 0 Å². The third kappa shape index (κ3) is 2.77. The van der Waals surface area contributed by atoms with Gasteiger partial charge >= 0.3 is 0 Å². The maximum Gasteiger partial charge on any atom is 0.162 e. The zero-order valence-electron chi connectivity index (χ0n) is 9.73. The predicted molar refractivity (Wildman–Crippen MR) is 70.8 cm³/mol. The molecule has 0 spiro atoms. The summed E-state index contributed by atoms with van der Waals surface area (Å²) in [6.45, 7) is 1.07. The molecule has 0 N–H and O–H groups in total. The van der Waals surface area contributed by atoms with E-state index in [1.807, 2.05) is 18.2 Å². The van der Waals surface area contributed by atoms with Crippen LogP contribution in [0.5, 0.6) is 11.5 Å². The number of pyridine rings is 1. The number of halogens is 2. The van der Waals surface area contributed by atoms with Crippen molar-refractivity contribution >= 4 is 23.4 Å². The van der Waals surface area contributed by atoms with Gasteiger partial charge in [-0.25, -0.2) is 9.37 Å². The van der Waals surface area contributed by atoms with Crippen LogP contribution in [0.4, 0.5) is 4.39 Å². The minimum atomic E-state index is -0.438. The molecule has 0 amide bonds. The van der Waals surface area contributed by atoms with Gasteiger partial charge in [-0.05, 0) is 24.3 Å². The van der Waals surface area contributed by atoms with Crippen molar-refractivity contribution in [1.29, 1.82) is 0 Å². The Morgan fingerprint density at radius 3 is 2.74 bits per heavy atom. The van der Waals surface area contributed by atoms with Crippen molar-refractivity contribution in [3.63, 3.8) is 0 Å². The molecule has 1 aliphatic heterocycles. The summed E-state index contributed by atoms with van der Waals surface area (Å²) < 4.78 is 24.6. The summed E-state index contributed by atoms with van der Waals surface area (Å²) in [6.07, 6.45) is 1.42. The lowest BCUT2D eigenvalue weighted by atomic mass is 10.3. The number of aromatic nitrogens is 1. The summed E-state index contributed by atoms with van der Waals surface area (Å²) in [4.78, 5) is 4.80. The molecule has 1 aromatic heterocycles. The number of fused-ring (bicyclic) bond motifs is 1. The van der Waals surface area contributed by atoms with Gasteiger partial charge in [0.2, 0.25) is 0 Å². The van der Waals surface area contributed by atoms with E-state index in [2.05, 4.69) is 4.98 Å². The molecule has 0 atom stereocenters. The molecule has 1 aromatic carbocycles. The number of benzene rings is 1. The molecule has 0 saturated carbocycles. The monoisotopic (exact) mass is 297 g/mol. The Bertz CT molecular complexity index is 624. The topological polar surface area (TPSA) is 31.4 Å². The average molecular weight is 298 g/mol. The first kappa shape index (κ1) is 12.6. The first-order valence-electron chi connectivity index (χ1n) is 5.61. The third-order valence-corrected chi connectivity index (χ3v) is 3.69. The van der Waals surface area contributed by atoms with Gasteiger partial charge in [0.15, 0.2) is 17.3 Å². The van der Waals surface area contributed by atoms with E-state index in [1.54, 1.807) is 0 Å². The van der Waals surface area contributed by atoms with Gasteiger partial charge in [-0.2, -0.15) is 0 Å². The quantitative estimate of drug-likeness (QED) is 0.844. The fraction of sp³-hybridized carbons (Fsp3) is 0.154. The Morgan fingerprint density at radius 1 is 1.16 bits per heavy atom. The second-order valence-electron chi connectivity index (χ2n) is 3.85. The van der Waals surface area contributed by atoms with Gasteiger partial charge < -0.3 is 9.47 Å². The largest absolute Gasteiger partial charge is 0.486 e. The number of hydrogen-bond acceptors (Lipinski definition) is 4. The molecule has 2 aromatic rings. The fourth-order valence-electron chi connectivity index (χ4n) is 1.68. The van der Waals surface area contributed by atoms with E-state index in [4.69, 9.17) is 21.1 Å². The second kappa shape index (κ2) is 5.27. The maximum atomic E-state index is 13.7. The van der Waals surface area contributed by atoms with Crippen molar-refractivity contribution in [3.8, 4) is 11.5 Å². The SMILES string of the molecule is Fc1cc(Cl)cnc1Sc1ccc2c(c1)OCCO2. The van der Waals surface area contributed by atoms with Crippen LogP contribution in [0, 0.1) is 5.82 Å². The number of nitrogens with zero attached hydrogens (tertiary/aromatic N) is 1. The highest BCUT2D eigenvalue weighted by molar-refractivity contribution is 7.99. The van der Waals surface area contributed by atoms with Gasteiger partial charge in [0.05, 0.1) is 5.02 Å². The summed E-state index contributed by atoms with van der Waals surface area (Å²) >= 11 is 6.88. The van der Waals surface area contributed by atoms with Crippen LogP contribution in [0.3, 0.4) is 0 Å². The van der Waals surface area contributed by atoms with Crippen molar-refractivity contribution in [1.82, 2.24) is 4.98 Å². The zero-order chi connectivity index (χ0) is 13.2. The number of ether oxygens (including phenoxy) is 2.